The van der Waals surface area contributed by atoms with Crippen LogP contribution in [0.25, 0.3) is 0 Å². The first-order valence-corrected chi connectivity index (χ1v) is 37.5. The molecule has 3 heteroatoms. The third-order valence-electron chi connectivity index (χ3n) is 29.8. The molecule has 11 rings (SSSR count). The summed E-state index contributed by atoms with van der Waals surface area (Å²) in [7, 11) is 0. The number of hydrogen-bond acceptors (Lipinski definition) is 3. The van der Waals surface area contributed by atoms with Crippen LogP contribution in [0.2, 0.25) is 0 Å². The summed E-state index contributed by atoms with van der Waals surface area (Å²) >= 11 is 0. The average Bonchev–Trinajstić information content (AvgIpc) is 2.57. The summed E-state index contributed by atoms with van der Waals surface area (Å²) in [6.45, 7) is 47.2. The number of fused-ring (bicyclic) bond motifs is 5. The molecular formula is C82H140O3. The Morgan fingerprint density at radius 1 is 0.541 bits per heavy atom. The van der Waals surface area contributed by atoms with Crippen molar-refractivity contribution in [2.75, 3.05) is 0 Å². The first-order valence-electron chi connectivity index (χ1n) is 37.5. The van der Waals surface area contributed by atoms with Crippen molar-refractivity contribution in [3.63, 3.8) is 0 Å². The van der Waals surface area contributed by atoms with E-state index in [1.807, 2.05) is 0 Å². The van der Waals surface area contributed by atoms with Crippen molar-refractivity contribution >= 4 is 12.1 Å². The Bertz CT molecular complexity index is 2250. The molecule has 85 heavy (non-hydrogen) atoms. The van der Waals surface area contributed by atoms with E-state index in [0.717, 1.165) is 114 Å². The molecule has 0 aromatic heterocycles. The smallest absolute Gasteiger partial charge is 0.133 e. The standard InChI is InChI=1S/C28H44O.C15H28.C14H24O.C13H22O.C12H22/c1-19(2)20(3)9-10-22(5)26-15-16-27-23(8-7-17-28(26,27)6)12-13-24-18-25(29)14-11-21(24)4;1-5-11(2)13-8-9-14-12(3)7-6-10-15(13,14)4;1-10-5-4-8-14(3)12(10)6-7-13(14)11(2)9-15;1-9-5-4-8-13(3)11(9)6-7-12(13)10(2)14;1-9-5-4-8-12(3)10(2)6-7-11(9)12/h9-10,12-13,19-20,22,25-27,29H,4,7-8,11,14-18H2,1-3,5-6H3;11-14H,5-10H2,1-4H3;9-13H,4-8H2,1-3H3;9,11-12H,4-8H2,1-3H3;9-11H,4-8H2,1-3H3/b10-9+,23-12+,24-13-;;;;/t20-,22+,25-,26+,27-,28+;11-,12+,13-,14+,15-;10-,11+,12-,13+,14-;9-,11-,12+,13-;9-,10-,11-,12+/m01000/s1. The molecule has 3 nitrogen and oxygen atoms in total. The third-order valence-corrected chi connectivity index (χ3v) is 29.8. The fraction of sp³-hybridized carbons (Fsp3) is 0.878. The van der Waals surface area contributed by atoms with E-state index >= 15 is 0 Å². The minimum absolute atomic E-state index is 0.182. The molecule has 0 bridgehead atoms. The van der Waals surface area contributed by atoms with Gasteiger partial charge in [0, 0.05) is 11.8 Å². The Hall–Kier alpha value is -1.74. The van der Waals surface area contributed by atoms with E-state index in [4.69, 9.17) is 0 Å². The molecule has 0 heterocycles. The van der Waals surface area contributed by atoms with Gasteiger partial charge >= 0.3 is 0 Å². The van der Waals surface area contributed by atoms with Gasteiger partial charge in [-0.2, -0.15) is 0 Å². The second-order valence-corrected chi connectivity index (χ2v) is 34.8. The molecule has 0 aromatic carbocycles. The molecule has 11 fully saturated rings. The first kappa shape index (κ1) is 70.7. The Morgan fingerprint density at radius 3 is 1.55 bits per heavy atom. The summed E-state index contributed by atoms with van der Waals surface area (Å²) in [6, 6.07) is 0. The van der Waals surface area contributed by atoms with Crippen LogP contribution in [0.1, 0.15) is 311 Å². The van der Waals surface area contributed by atoms with E-state index in [1.54, 1.807) is 12.5 Å². The van der Waals surface area contributed by atoms with Crippen LogP contribution in [0.15, 0.2) is 47.6 Å². The Kier molecular flexibility index (Phi) is 25.1. The molecule has 1 N–H and O–H groups in total. The Labute approximate surface area is 528 Å². The highest BCUT2D eigenvalue weighted by Crippen LogP contribution is 2.63. The minimum atomic E-state index is -0.182. The molecule has 0 amide bonds. The van der Waals surface area contributed by atoms with Crippen LogP contribution < -0.4 is 0 Å². The lowest BCUT2D eigenvalue weighted by Crippen LogP contribution is -2.38. The molecule has 11 saturated carbocycles. The summed E-state index contributed by atoms with van der Waals surface area (Å²) < 4.78 is 0. The summed E-state index contributed by atoms with van der Waals surface area (Å²) in [5, 5.41) is 10.0. The van der Waals surface area contributed by atoms with Crippen molar-refractivity contribution < 1.29 is 14.7 Å². The summed E-state index contributed by atoms with van der Waals surface area (Å²) in [4.78, 5) is 22.6. The zero-order valence-corrected chi connectivity index (χ0v) is 59.4. The van der Waals surface area contributed by atoms with Gasteiger partial charge in [0.25, 0.3) is 0 Å². The van der Waals surface area contributed by atoms with Gasteiger partial charge in [-0.25, -0.2) is 0 Å². The Balaban J connectivity index is 0.000000159. The van der Waals surface area contributed by atoms with Crippen molar-refractivity contribution in [2.45, 2.75) is 317 Å². The van der Waals surface area contributed by atoms with Crippen LogP contribution in [0.3, 0.4) is 0 Å². The van der Waals surface area contributed by atoms with Crippen LogP contribution >= 0.6 is 0 Å². The van der Waals surface area contributed by atoms with Crippen molar-refractivity contribution in [3.8, 4) is 0 Å². The molecule has 11 aliphatic carbocycles. The number of carbonyl (C=O) groups is 2. The highest BCUT2D eigenvalue weighted by molar-refractivity contribution is 5.79. The van der Waals surface area contributed by atoms with Gasteiger partial charge in [-0.3, -0.25) is 4.79 Å². The maximum absolute atomic E-state index is 11.6. The molecule has 486 valence electrons. The van der Waals surface area contributed by atoms with Crippen molar-refractivity contribution in [1.29, 1.82) is 0 Å². The van der Waals surface area contributed by atoms with Crippen LogP contribution in [0.4, 0.5) is 0 Å². The largest absolute Gasteiger partial charge is 0.393 e. The lowest BCUT2D eigenvalue weighted by atomic mass is 9.59. The van der Waals surface area contributed by atoms with E-state index in [2.05, 4.69) is 149 Å². The first-order chi connectivity index (χ1) is 40.1. The number of rotatable bonds is 10. The van der Waals surface area contributed by atoms with Gasteiger partial charge < -0.3 is 9.90 Å². The fourth-order valence-electron chi connectivity index (χ4n) is 23.7. The van der Waals surface area contributed by atoms with Gasteiger partial charge in [0.1, 0.15) is 12.1 Å². The number of aldehydes is 1. The number of aliphatic hydroxyl groups excluding tert-OH is 1. The molecule has 11 aliphatic rings. The lowest BCUT2D eigenvalue weighted by molar-refractivity contribution is -0.125. The van der Waals surface area contributed by atoms with E-state index < -0.39 is 0 Å². The highest BCUT2D eigenvalue weighted by Gasteiger charge is 2.55. The predicted octanol–water partition coefficient (Wildman–Crippen LogP) is 23.5. The molecule has 0 saturated heterocycles. The average molecular weight is 1170 g/mol. The van der Waals surface area contributed by atoms with Gasteiger partial charge in [0.05, 0.1) is 6.10 Å². The van der Waals surface area contributed by atoms with Gasteiger partial charge in [0.15, 0.2) is 0 Å². The van der Waals surface area contributed by atoms with Crippen molar-refractivity contribution in [2.24, 2.45) is 140 Å². The zero-order chi connectivity index (χ0) is 62.4. The van der Waals surface area contributed by atoms with Crippen molar-refractivity contribution in [1.82, 2.24) is 0 Å². The summed E-state index contributed by atoms with van der Waals surface area (Å²) in [5.41, 5.74) is 6.85. The molecule has 0 spiro atoms. The number of carbonyl (C=O) groups excluding carboxylic acids is 2. The van der Waals surface area contributed by atoms with Gasteiger partial charge in [-0.05, 0) is 269 Å². The summed E-state index contributed by atoms with van der Waals surface area (Å²) in [5.74, 6) is 15.8. The second kappa shape index (κ2) is 30.1. The van der Waals surface area contributed by atoms with Gasteiger partial charge in [-0.15, -0.1) is 0 Å². The molecular weight excluding hydrogens is 1030 g/mol. The van der Waals surface area contributed by atoms with Crippen LogP contribution in [-0.4, -0.2) is 23.3 Å². The maximum Gasteiger partial charge on any atom is 0.133 e. The molecule has 0 radical (unpaired) electrons. The SMILES string of the molecule is C=C1CC[C@H](O)C/C1=C/C=C1\CCC[C@]2(C)[C@@H]([C@H](C)/C=C/[C@H](C)C(C)C)CC[C@@H]12.CC(=O)[C@H]1CC[C@H]2[C@@H](C)CCC[C@]12C.CC[C@@H](C)[C@H]1CC[C@H]2[C@@H](C)CCC[C@]12C.C[C@H](C=O)[C@H]1CC[C@H]2[C@@H](C)CCC[C@]12C.C[C@H]1CCC[C@]2(C)[C@@H](C)CC[C@@H]12. The van der Waals surface area contributed by atoms with Crippen LogP contribution in [0, 0.1) is 140 Å². The monoisotopic (exact) mass is 1170 g/mol. The van der Waals surface area contributed by atoms with E-state index in [0.29, 0.717) is 51.1 Å². The zero-order valence-electron chi connectivity index (χ0n) is 59.4. The molecule has 0 unspecified atom stereocenters. The number of hydrogen-bond donors (Lipinski definition) is 1. The Morgan fingerprint density at radius 2 is 1.01 bits per heavy atom. The van der Waals surface area contributed by atoms with Gasteiger partial charge in [-0.1, -0.05) is 218 Å². The third kappa shape index (κ3) is 15.4. The number of aliphatic hydroxyl groups is 1. The molecule has 0 aromatic rings. The quantitative estimate of drug-likeness (QED) is 0.175. The molecule has 24 atom stereocenters. The topological polar surface area (TPSA) is 54.4 Å². The maximum atomic E-state index is 11.6. The molecule has 0 aliphatic heterocycles. The minimum Gasteiger partial charge on any atom is -0.393 e. The normalized spacial score (nSPS) is 45.2. The van der Waals surface area contributed by atoms with E-state index in [9.17, 15) is 14.7 Å². The number of allylic oxidation sites excluding steroid dienone is 6. The predicted molar refractivity (Wildman–Crippen MR) is 366 cm³/mol. The van der Waals surface area contributed by atoms with Crippen LogP contribution in [0.5, 0.6) is 0 Å². The van der Waals surface area contributed by atoms with Gasteiger partial charge in [0.2, 0.25) is 0 Å². The fourth-order valence-corrected chi connectivity index (χ4v) is 23.7. The number of ketones is 1. The number of Topliss-reactive ketones (excluding diaryl/α,β-unsaturated/α-hetero) is 1. The lowest BCUT2D eigenvalue weighted by Gasteiger charge is -2.46. The van der Waals surface area contributed by atoms with Crippen molar-refractivity contribution in [3.05, 3.63) is 47.6 Å². The highest BCUT2D eigenvalue weighted by atomic mass is 16.3. The second-order valence-electron chi connectivity index (χ2n) is 34.8. The van der Waals surface area contributed by atoms with Crippen LogP contribution in [-0.2, 0) is 9.59 Å². The van der Waals surface area contributed by atoms with E-state index in [1.165, 1.54) is 178 Å². The van der Waals surface area contributed by atoms with E-state index in [-0.39, 0.29) is 12.0 Å². The summed E-state index contributed by atoms with van der Waals surface area (Å²) in [6.07, 6.45) is 49.6.